The molecule has 1 fully saturated rings. The molecule has 0 spiro atoms. The van der Waals surface area contributed by atoms with Crippen LogP contribution in [0.2, 0.25) is 0 Å². The van der Waals surface area contributed by atoms with Crippen molar-refractivity contribution in [3.05, 3.63) is 18.0 Å². The molecule has 1 atom stereocenters. The van der Waals surface area contributed by atoms with Crippen LogP contribution in [0.5, 0.6) is 0 Å². The minimum Gasteiger partial charge on any atom is -0.382 e. The standard InChI is InChI=1S/C10H15N5S/c1-15(7-3-5-16-6-7)10-13-4-2-8(14-10)9(11)12/h2,4,7H,3,5-6H2,1H3,(H3,11,12). The maximum Gasteiger partial charge on any atom is 0.225 e. The van der Waals surface area contributed by atoms with E-state index in [0.29, 0.717) is 17.7 Å². The van der Waals surface area contributed by atoms with Gasteiger partial charge in [-0.15, -0.1) is 0 Å². The van der Waals surface area contributed by atoms with Crippen molar-refractivity contribution in [2.45, 2.75) is 12.5 Å². The van der Waals surface area contributed by atoms with E-state index in [9.17, 15) is 0 Å². The maximum atomic E-state index is 7.35. The number of anilines is 1. The molecule has 16 heavy (non-hydrogen) atoms. The van der Waals surface area contributed by atoms with Crippen molar-refractivity contribution >= 4 is 23.5 Å². The fraction of sp³-hybridized carbons (Fsp3) is 0.500. The fourth-order valence-electron chi connectivity index (χ4n) is 1.66. The zero-order valence-corrected chi connectivity index (χ0v) is 10.00. The quantitative estimate of drug-likeness (QED) is 0.597. The lowest BCUT2D eigenvalue weighted by molar-refractivity contribution is 0.681. The molecule has 86 valence electrons. The first-order chi connectivity index (χ1) is 7.68. The Balaban J connectivity index is 2.18. The van der Waals surface area contributed by atoms with Gasteiger partial charge in [0.1, 0.15) is 11.5 Å². The third-order valence-electron chi connectivity index (χ3n) is 2.69. The Morgan fingerprint density at radius 3 is 3.12 bits per heavy atom. The van der Waals surface area contributed by atoms with E-state index < -0.39 is 0 Å². The number of amidine groups is 1. The molecule has 0 aromatic carbocycles. The van der Waals surface area contributed by atoms with Crippen LogP contribution >= 0.6 is 11.8 Å². The Kier molecular flexibility index (Phi) is 3.28. The molecule has 2 rings (SSSR count). The number of nitrogens with one attached hydrogen (secondary N) is 1. The van der Waals surface area contributed by atoms with E-state index in [4.69, 9.17) is 11.1 Å². The molecule has 0 radical (unpaired) electrons. The summed E-state index contributed by atoms with van der Waals surface area (Å²) in [5.74, 6) is 2.95. The second-order valence-electron chi connectivity index (χ2n) is 3.78. The van der Waals surface area contributed by atoms with Gasteiger partial charge in [-0.3, -0.25) is 5.41 Å². The lowest BCUT2D eigenvalue weighted by atomic mass is 10.2. The van der Waals surface area contributed by atoms with Crippen molar-refractivity contribution in [2.75, 3.05) is 23.5 Å². The van der Waals surface area contributed by atoms with Crippen LogP contribution < -0.4 is 10.6 Å². The summed E-state index contributed by atoms with van der Waals surface area (Å²) in [6.45, 7) is 0. The summed E-state index contributed by atoms with van der Waals surface area (Å²) < 4.78 is 0. The van der Waals surface area contributed by atoms with Crippen LogP contribution in [0.1, 0.15) is 12.1 Å². The maximum absolute atomic E-state index is 7.35. The summed E-state index contributed by atoms with van der Waals surface area (Å²) in [6.07, 6.45) is 2.81. The van der Waals surface area contributed by atoms with Crippen molar-refractivity contribution in [2.24, 2.45) is 5.73 Å². The smallest absolute Gasteiger partial charge is 0.225 e. The number of hydrogen-bond acceptors (Lipinski definition) is 5. The zero-order valence-electron chi connectivity index (χ0n) is 9.18. The number of nitrogen functional groups attached to an aromatic ring is 1. The van der Waals surface area contributed by atoms with Crippen molar-refractivity contribution < 1.29 is 0 Å². The number of nitrogens with zero attached hydrogens (tertiary/aromatic N) is 3. The van der Waals surface area contributed by atoms with Crippen molar-refractivity contribution in [1.82, 2.24) is 9.97 Å². The molecule has 1 saturated heterocycles. The third kappa shape index (κ3) is 2.27. The van der Waals surface area contributed by atoms with E-state index >= 15 is 0 Å². The first-order valence-corrected chi connectivity index (χ1v) is 6.32. The second kappa shape index (κ2) is 4.69. The van der Waals surface area contributed by atoms with Crippen LogP contribution in [0.15, 0.2) is 12.3 Å². The van der Waals surface area contributed by atoms with E-state index in [0.717, 1.165) is 12.2 Å². The minimum absolute atomic E-state index is 0.0159. The highest BCUT2D eigenvalue weighted by Crippen LogP contribution is 2.23. The summed E-state index contributed by atoms with van der Waals surface area (Å²) in [5.41, 5.74) is 5.90. The first kappa shape index (κ1) is 11.2. The molecule has 0 amide bonds. The van der Waals surface area contributed by atoms with E-state index in [-0.39, 0.29) is 5.84 Å². The normalized spacial score (nSPS) is 19.7. The molecule has 1 aromatic heterocycles. The van der Waals surface area contributed by atoms with Gasteiger partial charge in [-0.1, -0.05) is 0 Å². The van der Waals surface area contributed by atoms with E-state index in [1.807, 2.05) is 18.8 Å². The lowest BCUT2D eigenvalue weighted by Gasteiger charge is -2.23. The van der Waals surface area contributed by atoms with Crippen LogP contribution in [-0.2, 0) is 0 Å². The SMILES string of the molecule is CN(c1nccc(C(=N)N)n1)C1CCSC1. The highest BCUT2D eigenvalue weighted by Gasteiger charge is 2.22. The van der Waals surface area contributed by atoms with Gasteiger partial charge in [0, 0.05) is 25.0 Å². The van der Waals surface area contributed by atoms with Gasteiger partial charge < -0.3 is 10.6 Å². The van der Waals surface area contributed by atoms with Gasteiger partial charge in [0.15, 0.2) is 0 Å². The number of aromatic nitrogens is 2. The number of thioether (sulfide) groups is 1. The number of rotatable bonds is 3. The molecular weight excluding hydrogens is 222 g/mol. The Labute approximate surface area is 99.0 Å². The second-order valence-corrected chi connectivity index (χ2v) is 4.93. The van der Waals surface area contributed by atoms with Crippen molar-refractivity contribution in [3.63, 3.8) is 0 Å². The Morgan fingerprint density at radius 1 is 1.69 bits per heavy atom. The Bertz CT molecular complexity index is 389. The summed E-state index contributed by atoms with van der Waals surface area (Å²) in [5, 5.41) is 7.35. The molecule has 0 aliphatic carbocycles. The molecule has 1 unspecified atom stereocenters. The van der Waals surface area contributed by atoms with Crippen LogP contribution in [0, 0.1) is 5.41 Å². The zero-order chi connectivity index (χ0) is 11.5. The molecule has 6 heteroatoms. The van der Waals surface area contributed by atoms with Gasteiger partial charge in [0.05, 0.1) is 0 Å². The average Bonchev–Trinajstić information content (AvgIpc) is 2.81. The van der Waals surface area contributed by atoms with Crippen LogP contribution in [0.3, 0.4) is 0 Å². The first-order valence-electron chi connectivity index (χ1n) is 5.16. The average molecular weight is 237 g/mol. The molecular formula is C10H15N5S. The third-order valence-corrected chi connectivity index (χ3v) is 3.83. The molecule has 2 heterocycles. The fourth-order valence-corrected chi connectivity index (χ4v) is 2.93. The van der Waals surface area contributed by atoms with Gasteiger partial charge in [0.25, 0.3) is 0 Å². The summed E-state index contributed by atoms with van der Waals surface area (Å²) >= 11 is 1.95. The molecule has 1 aliphatic heterocycles. The highest BCUT2D eigenvalue weighted by atomic mass is 32.2. The van der Waals surface area contributed by atoms with Gasteiger partial charge >= 0.3 is 0 Å². The Hall–Kier alpha value is -1.30. The van der Waals surface area contributed by atoms with Crippen LogP contribution in [-0.4, -0.2) is 40.4 Å². The predicted octanol–water partition coefficient (Wildman–Crippen LogP) is 0.702. The monoisotopic (exact) mass is 237 g/mol. The van der Waals surface area contributed by atoms with Crippen LogP contribution in [0.4, 0.5) is 5.95 Å². The Morgan fingerprint density at radius 2 is 2.50 bits per heavy atom. The highest BCUT2D eigenvalue weighted by molar-refractivity contribution is 7.99. The van der Waals surface area contributed by atoms with Crippen LogP contribution in [0.25, 0.3) is 0 Å². The summed E-state index contributed by atoms with van der Waals surface area (Å²) in [4.78, 5) is 10.6. The summed E-state index contributed by atoms with van der Waals surface area (Å²) in [6, 6.07) is 2.15. The van der Waals surface area contributed by atoms with Crippen molar-refractivity contribution in [3.8, 4) is 0 Å². The summed E-state index contributed by atoms with van der Waals surface area (Å²) in [7, 11) is 2.00. The molecule has 3 N–H and O–H groups in total. The van der Waals surface area contributed by atoms with Gasteiger partial charge in [0.2, 0.25) is 5.95 Å². The number of hydrogen-bond donors (Lipinski definition) is 2. The molecule has 0 saturated carbocycles. The minimum atomic E-state index is -0.0159. The van der Waals surface area contributed by atoms with Gasteiger partial charge in [-0.25, -0.2) is 9.97 Å². The molecule has 1 aliphatic rings. The molecule has 5 nitrogen and oxygen atoms in total. The van der Waals surface area contributed by atoms with E-state index in [1.54, 1.807) is 12.3 Å². The largest absolute Gasteiger partial charge is 0.382 e. The number of nitrogens with two attached hydrogens (primary N) is 1. The van der Waals surface area contributed by atoms with Gasteiger partial charge in [-0.2, -0.15) is 11.8 Å². The topological polar surface area (TPSA) is 78.9 Å². The van der Waals surface area contributed by atoms with Crippen molar-refractivity contribution in [1.29, 1.82) is 5.41 Å². The lowest BCUT2D eigenvalue weighted by Crippen LogP contribution is -2.33. The van der Waals surface area contributed by atoms with E-state index in [1.165, 1.54) is 5.75 Å². The van der Waals surface area contributed by atoms with E-state index in [2.05, 4.69) is 14.9 Å². The van der Waals surface area contributed by atoms with Gasteiger partial charge in [-0.05, 0) is 18.2 Å². The molecule has 0 bridgehead atoms. The molecule has 1 aromatic rings. The predicted molar refractivity (Wildman–Crippen MR) is 67.2 cm³/mol.